The summed E-state index contributed by atoms with van der Waals surface area (Å²) in [5, 5.41) is 20.5. The number of benzene rings is 1. The van der Waals surface area contributed by atoms with E-state index in [1.54, 1.807) is 6.92 Å². The predicted molar refractivity (Wildman–Crippen MR) is 87.0 cm³/mol. The highest BCUT2D eigenvalue weighted by molar-refractivity contribution is 9.10. The van der Waals surface area contributed by atoms with Crippen LogP contribution in [0.5, 0.6) is 5.75 Å². The quantitative estimate of drug-likeness (QED) is 0.550. The van der Waals surface area contributed by atoms with Gasteiger partial charge in [-0.25, -0.2) is 4.79 Å². The summed E-state index contributed by atoms with van der Waals surface area (Å²) in [6, 6.07) is 4.14. The second kappa shape index (κ2) is 8.41. The van der Waals surface area contributed by atoms with Crippen molar-refractivity contribution in [2.45, 2.75) is 44.7 Å². The molecule has 1 aromatic rings. The lowest BCUT2D eigenvalue weighted by Gasteiger charge is -2.28. The molecule has 1 saturated heterocycles. The summed E-state index contributed by atoms with van der Waals surface area (Å²) < 4.78 is 16.9. The number of nitro groups is 1. The summed E-state index contributed by atoms with van der Waals surface area (Å²) in [4.78, 5) is 22.0. The molecule has 1 heterocycles. The van der Waals surface area contributed by atoms with Gasteiger partial charge in [-0.3, -0.25) is 10.1 Å². The van der Waals surface area contributed by atoms with E-state index in [9.17, 15) is 20.0 Å². The van der Waals surface area contributed by atoms with Crippen molar-refractivity contribution in [2.75, 3.05) is 6.61 Å². The van der Waals surface area contributed by atoms with Crippen LogP contribution < -0.4 is 4.74 Å². The average Bonchev–Trinajstić information content (AvgIpc) is 2.53. The Kier molecular flexibility index (Phi) is 6.52. The first-order chi connectivity index (χ1) is 11.4. The number of carboxylic acids is 1. The first kappa shape index (κ1) is 18.6. The second-order valence-corrected chi connectivity index (χ2v) is 6.30. The number of ether oxygens (including phenoxy) is 3. The molecule has 0 bridgehead atoms. The highest BCUT2D eigenvalue weighted by Gasteiger charge is 2.32. The lowest BCUT2D eigenvalue weighted by atomic mass is 10.2. The Morgan fingerprint density at radius 1 is 1.50 bits per heavy atom. The predicted octanol–water partition coefficient (Wildman–Crippen LogP) is 3.12. The van der Waals surface area contributed by atoms with Crippen LogP contribution in [0.3, 0.4) is 0 Å². The van der Waals surface area contributed by atoms with Crippen LogP contribution in [0.15, 0.2) is 22.7 Å². The maximum absolute atomic E-state index is 11.5. The van der Waals surface area contributed by atoms with Gasteiger partial charge in [0.1, 0.15) is 6.10 Å². The molecule has 8 nitrogen and oxygen atoms in total. The number of carboxylic acid groups (broad SMARTS) is 1. The first-order valence-corrected chi connectivity index (χ1v) is 8.28. The zero-order valence-corrected chi connectivity index (χ0v) is 14.6. The summed E-state index contributed by atoms with van der Waals surface area (Å²) in [7, 11) is 0. The summed E-state index contributed by atoms with van der Waals surface area (Å²) in [5.41, 5.74) is -0.322. The first-order valence-electron chi connectivity index (χ1n) is 7.49. The van der Waals surface area contributed by atoms with Crippen LogP contribution in [0.1, 0.15) is 26.2 Å². The van der Waals surface area contributed by atoms with Crippen LogP contribution in [0, 0.1) is 10.1 Å². The second-order valence-electron chi connectivity index (χ2n) is 5.38. The van der Waals surface area contributed by atoms with Gasteiger partial charge in [-0.1, -0.05) is 15.9 Å². The van der Waals surface area contributed by atoms with Crippen LogP contribution in [-0.2, 0) is 14.3 Å². The van der Waals surface area contributed by atoms with Crippen LogP contribution >= 0.6 is 15.9 Å². The number of nitrogens with zero attached hydrogens (tertiary/aromatic N) is 1. The maximum atomic E-state index is 11.5. The molecule has 1 aromatic carbocycles. The molecule has 1 aliphatic heterocycles. The number of carbonyl (C=O) groups is 1. The fourth-order valence-electron chi connectivity index (χ4n) is 2.35. The molecule has 3 atom stereocenters. The van der Waals surface area contributed by atoms with E-state index in [0.717, 1.165) is 12.8 Å². The Labute approximate surface area is 147 Å². The van der Waals surface area contributed by atoms with E-state index in [1.165, 1.54) is 18.2 Å². The Balaban J connectivity index is 2.13. The van der Waals surface area contributed by atoms with Crippen LogP contribution in [0.4, 0.5) is 5.69 Å². The molecule has 132 valence electrons. The zero-order valence-electron chi connectivity index (χ0n) is 13.0. The van der Waals surface area contributed by atoms with Crippen molar-refractivity contribution >= 4 is 27.6 Å². The van der Waals surface area contributed by atoms with Gasteiger partial charge in [-0.2, -0.15) is 0 Å². The smallest absolute Gasteiger partial charge is 0.347 e. The molecule has 2 rings (SSSR count). The van der Waals surface area contributed by atoms with E-state index in [0.29, 0.717) is 17.5 Å². The molecule has 0 saturated carbocycles. The molecule has 1 fully saturated rings. The van der Waals surface area contributed by atoms with E-state index < -0.39 is 29.4 Å². The molecular formula is C15H18BrNO7. The topological polar surface area (TPSA) is 108 Å². The normalized spacial score (nSPS) is 20.2. The highest BCUT2D eigenvalue weighted by Crippen LogP contribution is 2.31. The van der Waals surface area contributed by atoms with Crippen LogP contribution in [-0.4, -0.2) is 41.1 Å². The van der Waals surface area contributed by atoms with Gasteiger partial charge in [0.15, 0.2) is 12.0 Å². The van der Waals surface area contributed by atoms with E-state index in [1.807, 2.05) is 0 Å². The van der Waals surface area contributed by atoms with Crippen molar-refractivity contribution in [3.05, 3.63) is 32.8 Å². The molecule has 0 aromatic heterocycles. The van der Waals surface area contributed by atoms with E-state index >= 15 is 0 Å². The summed E-state index contributed by atoms with van der Waals surface area (Å²) in [6.07, 6.45) is -0.162. The van der Waals surface area contributed by atoms with Gasteiger partial charge in [0, 0.05) is 17.1 Å². The molecule has 1 unspecified atom stereocenters. The summed E-state index contributed by atoms with van der Waals surface area (Å²) in [6.45, 7) is 2.11. The van der Waals surface area contributed by atoms with Gasteiger partial charge in [-0.15, -0.1) is 0 Å². The van der Waals surface area contributed by atoms with Crippen molar-refractivity contribution in [1.29, 1.82) is 0 Å². The van der Waals surface area contributed by atoms with Gasteiger partial charge < -0.3 is 19.3 Å². The molecule has 1 aliphatic rings. The summed E-state index contributed by atoms with van der Waals surface area (Å²) in [5.74, 6) is -1.40. The third-order valence-corrected chi connectivity index (χ3v) is 4.04. The average molecular weight is 404 g/mol. The standard InChI is InChI=1S/C15H18BrNO7/c1-9(23-13-4-2-3-7-22-13)14(15(18)19)24-12-6-5-10(16)8-11(12)17(20)21/h5-6,8-9,13-14H,2-4,7H2,1H3,(H,18,19)/t9-,13?,14-/m0/s1. The monoisotopic (exact) mass is 403 g/mol. The van der Waals surface area contributed by atoms with Crippen molar-refractivity contribution < 1.29 is 29.0 Å². The molecule has 1 N–H and O–H groups in total. The Morgan fingerprint density at radius 2 is 2.25 bits per heavy atom. The van der Waals surface area contributed by atoms with Gasteiger partial charge in [0.2, 0.25) is 6.10 Å². The minimum absolute atomic E-state index is 0.129. The van der Waals surface area contributed by atoms with Crippen LogP contribution in [0.2, 0.25) is 0 Å². The van der Waals surface area contributed by atoms with Crippen molar-refractivity contribution in [2.24, 2.45) is 0 Å². The third-order valence-electron chi connectivity index (χ3n) is 3.55. The fraction of sp³-hybridized carbons (Fsp3) is 0.533. The maximum Gasteiger partial charge on any atom is 0.347 e. The van der Waals surface area contributed by atoms with Crippen molar-refractivity contribution in [1.82, 2.24) is 0 Å². The van der Waals surface area contributed by atoms with Gasteiger partial charge >= 0.3 is 11.7 Å². The molecular weight excluding hydrogens is 386 g/mol. The summed E-state index contributed by atoms with van der Waals surface area (Å²) >= 11 is 3.14. The number of hydrogen-bond acceptors (Lipinski definition) is 6. The Hall–Kier alpha value is -1.71. The van der Waals surface area contributed by atoms with Crippen molar-refractivity contribution in [3.8, 4) is 5.75 Å². The van der Waals surface area contributed by atoms with E-state index in [4.69, 9.17) is 14.2 Å². The van der Waals surface area contributed by atoms with Gasteiger partial charge in [-0.05, 0) is 38.3 Å². The lowest BCUT2D eigenvalue weighted by molar-refractivity contribution is -0.386. The molecule has 0 radical (unpaired) electrons. The SMILES string of the molecule is C[C@H](OC1CCCCO1)[C@H](Oc1ccc(Br)cc1[N+](=O)[O-])C(=O)O. The zero-order chi connectivity index (χ0) is 17.7. The molecule has 0 aliphatic carbocycles. The lowest BCUT2D eigenvalue weighted by Crippen LogP contribution is -2.42. The number of rotatable bonds is 7. The molecule has 24 heavy (non-hydrogen) atoms. The molecule has 0 spiro atoms. The minimum Gasteiger partial charge on any atom is -0.478 e. The molecule has 9 heteroatoms. The Bertz CT molecular complexity index is 603. The number of hydrogen-bond donors (Lipinski definition) is 1. The Morgan fingerprint density at radius 3 is 2.83 bits per heavy atom. The largest absolute Gasteiger partial charge is 0.478 e. The van der Waals surface area contributed by atoms with Gasteiger partial charge in [0.05, 0.1) is 4.92 Å². The van der Waals surface area contributed by atoms with Crippen molar-refractivity contribution in [3.63, 3.8) is 0 Å². The minimum atomic E-state index is -1.39. The third kappa shape index (κ3) is 4.89. The number of nitro benzene ring substituents is 1. The number of aliphatic carboxylic acids is 1. The van der Waals surface area contributed by atoms with E-state index in [2.05, 4.69) is 15.9 Å². The highest BCUT2D eigenvalue weighted by atomic mass is 79.9. The van der Waals surface area contributed by atoms with E-state index in [-0.39, 0.29) is 11.4 Å². The molecule has 0 amide bonds. The van der Waals surface area contributed by atoms with Crippen LogP contribution in [0.25, 0.3) is 0 Å². The fourth-order valence-corrected chi connectivity index (χ4v) is 2.69. The van der Waals surface area contributed by atoms with Gasteiger partial charge in [0.25, 0.3) is 0 Å². The number of halogens is 1.